The summed E-state index contributed by atoms with van der Waals surface area (Å²) in [6.45, 7) is 0.691. The third-order valence-electron chi connectivity index (χ3n) is 6.23. The normalized spacial score (nSPS) is 16.1. The summed E-state index contributed by atoms with van der Waals surface area (Å²) in [6, 6.07) is 8.66. The summed E-state index contributed by atoms with van der Waals surface area (Å²) in [5, 5.41) is 4.87. The van der Waals surface area contributed by atoms with Crippen molar-refractivity contribution in [2.75, 3.05) is 18.6 Å². The van der Waals surface area contributed by atoms with E-state index < -0.39 is 11.6 Å². The van der Waals surface area contributed by atoms with Crippen molar-refractivity contribution in [1.82, 2.24) is 24.6 Å². The summed E-state index contributed by atoms with van der Waals surface area (Å²) in [6.07, 6.45) is 5.06. The van der Waals surface area contributed by atoms with E-state index in [0.717, 1.165) is 18.0 Å². The third-order valence-corrected chi connectivity index (χ3v) is 6.52. The van der Waals surface area contributed by atoms with Crippen LogP contribution in [-0.2, 0) is 0 Å². The molecule has 0 bridgehead atoms. The van der Waals surface area contributed by atoms with Gasteiger partial charge in [0.25, 0.3) is 0 Å². The van der Waals surface area contributed by atoms with Crippen molar-refractivity contribution in [1.29, 1.82) is 0 Å². The number of methoxy groups -OCH3 is 1. The van der Waals surface area contributed by atoms with E-state index in [1.165, 1.54) is 12.1 Å². The van der Waals surface area contributed by atoms with Gasteiger partial charge in [0.1, 0.15) is 29.0 Å². The van der Waals surface area contributed by atoms with E-state index >= 15 is 0 Å². The predicted octanol–water partition coefficient (Wildman–Crippen LogP) is 5.55. The van der Waals surface area contributed by atoms with Crippen molar-refractivity contribution < 1.29 is 13.5 Å². The second-order valence-corrected chi connectivity index (χ2v) is 8.63. The number of hydrogen-bond donors (Lipinski definition) is 1. The molecule has 0 unspecified atom stereocenters. The fourth-order valence-electron chi connectivity index (χ4n) is 4.62. The molecule has 172 valence electrons. The monoisotopic (exact) mass is 480 g/mol. The highest BCUT2D eigenvalue weighted by Crippen LogP contribution is 2.37. The van der Waals surface area contributed by atoms with Gasteiger partial charge in [0.15, 0.2) is 5.65 Å². The maximum absolute atomic E-state index is 14.5. The molecule has 1 N–H and O–H groups in total. The summed E-state index contributed by atoms with van der Waals surface area (Å²) in [4.78, 5) is 14.8. The molecule has 0 amide bonds. The van der Waals surface area contributed by atoms with Crippen LogP contribution in [0.2, 0.25) is 5.02 Å². The van der Waals surface area contributed by atoms with Gasteiger partial charge in [0.2, 0.25) is 0 Å². The Morgan fingerprint density at radius 3 is 2.88 bits per heavy atom. The zero-order valence-corrected chi connectivity index (χ0v) is 18.9. The van der Waals surface area contributed by atoms with Crippen molar-refractivity contribution in [3.8, 4) is 17.1 Å². The van der Waals surface area contributed by atoms with Crippen LogP contribution in [0.4, 0.5) is 14.6 Å². The molecule has 1 atom stereocenters. The van der Waals surface area contributed by atoms with E-state index in [1.807, 2.05) is 11.0 Å². The van der Waals surface area contributed by atoms with Crippen LogP contribution in [0.15, 0.2) is 48.8 Å². The van der Waals surface area contributed by atoms with Crippen LogP contribution in [0.5, 0.6) is 5.75 Å². The summed E-state index contributed by atoms with van der Waals surface area (Å²) in [5.41, 5.74) is 3.11. The van der Waals surface area contributed by atoms with Crippen LogP contribution in [0.25, 0.3) is 28.1 Å². The van der Waals surface area contributed by atoms with Gasteiger partial charge in [-0.1, -0.05) is 11.6 Å². The van der Waals surface area contributed by atoms with Crippen LogP contribution >= 0.6 is 11.6 Å². The molecule has 1 aliphatic heterocycles. The number of anilines is 1. The predicted molar refractivity (Wildman–Crippen MR) is 125 cm³/mol. The molecule has 7 nitrogen and oxygen atoms in total. The van der Waals surface area contributed by atoms with E-state index in [4.69, 9.17) is 21.3 Å². The Bertz CT molecular complexity index is 1550. The molecule has 34 heavy (non-hydrogen) atoms. The van der Waals surface area contributed by atoms with E-state index in [0.29, 0.717) is 57.7 Å². The molecule has 4 heterocycles. The Hall–Kier alpha value is -3.72. The highest BCUT2D eigenvalue weighted by Gasteiger charge is 2.30. The molecule has 1 fully saturated rings. The molecular formula is C24H19ClF2N6O. The number of hydrogen-bond acceptors (Lipinski definition) is 5. The van der Waals surface area contributed by atoms with Gasteiger partial charge in [-0.3, -0.25) is 0 Å². The lowest BCUT2D eigenvalue weighted by molar-refractivity contribution is 0.415. The Morgan fingerprint density at radius 1 is 1.15 bits per heavy atom. The largest absolute Gasteiger partial charge is 0.495 e. The number of nitrogens with zero attached hydrogens (tertiary/aromatic N) is 5. The van der Waals surface area contributed by atoms with Crippen molar-refractivity contribution in [2.24, 2.45) is 0 Å². The minimum absolute atomic E-state index is 0.294. The zero-order valence-electron chi connectivity index (χ0n) is 18.1. The molecule has 3 aromatic heterocycles. The van der Waals surface area contributed by atoms with E-state index in [2.05, 4.69) is 15.1 Å². The molecule has 0 radical (unpaired) electrons. The lowest BCUT2D eigenvalue weighted by Crippen LogP contribution is -2.24. The van der Waals surface area contributed by atoms with Gasteiger partial charge in [0, 0.05) is 24.4 Å². The number of rotatable bonds is 4. The maximum atomic E-state index is 14.5. The molecule has 0 saturated carbocycles. The number of imidazole rings is 1. The average Bonchev–Trinajstić information content (AvgIpc) is 3.57. The van der Waals surface area contributed by atoms with Crippen LogP contribution < -0.4 is 9.64 Å². The second-order valence-electron chi connectivity index (χ2n) is 8.22. The van der Waals surface area contributed by atoms with Gasteiger partial charge in [0.05, 0.1) is 41.0 Å². The van der Waals surface area contributed by atoms with Crippen molar-refractivity contribution in [2.45, 2.75) is 18.9 Å². The number of aromatic amines is 1. The zero-order chi connectivity index (χ0) is 23.4. The highest BCUT2D eigenvalue weighted by molar-refractivity contribution is 6.32. The fourth-order valence-corrected chi connectivity index (χ4v) is 4.85. The van der Waals surface area contributed by atoms with E-state index in [-0.39, 0.29) is 6.04 Å². The number of ether oxygens (including phenoxy) is 1. The van der Waals surface area contributed by atoms with E-state index in [1.54, 1.807) is 36.2 Å². The van der Waals surface area contributed by atoms with Gasteiger partial charge in [-0.05, 0) is 43.2 Å². The molecule has 0 aliphatic carbocycles. The topological polar surface area (TPSA) is 71.3 Å². The first kappa shape index (κ1) is 20.9. The first-order valence-corrected chi connectivity index (χ1v) is 11.2. The Labute approximate surface area is 198 Å². The lowest BCUT2D eigenvalue weighted by atomic mass is 10.0. The Morgan fingerprint density at radius 2 is 2.03 bits per heavy atom. The van der Waals surface area contributed by atoms with Crippen molar-refractivity contribution in [3.63, 3.8) is 0 Å². The number of halogens is 3. The van der Waals surface area contributed by atoms with Gasteiger partial charge in [-0.2, -0.15) is 5.10 Å². The first-order chi connectivity index (χ1) is 16.5. The van der Waals surface area contributed by atoms with Crippen LogP contribution in [0, 0.1) is 11.6 Å². The molecule has 2 aromatic carbocycles. The maximum Gasteiger partial charge on any atom is 0.168 e. The number of nitrogens with one attached hydrogen (secondary N) is 1. The van der Waals surface area contributed by atoms with Gasteiger partial charge in [-0.15, -0.1) is 0 Å². The summed E-state index contributed by atoms with van der Waals surface area (Å²) in [5.74, 6) is 0.941. The standard InChI is InChI=1S/C24H19ClF2N6O/c1-34-21-11-19-18(10-16(21)25)29-23(30-19)15-12-28-33-8-6-22(31-24(15)33)32-7-2-3-20(32)14-9-13(26)4-5-17(14)27/h4-6,8-12,20H,2-3,7H2,1H3,(H,29,30)/t20-/m1/s1. The van der Waals surface area contributed by atoms with Crippen LogP contribution in [0.1, 0.15) is 24.4 Å². The summed E-state index contributed by atoms with van der Waals surface area (Å²) < 4.78 is 35.3. The minimum atomic E-state index is -0.452. The third kappa shape index (κ3) is 3.35. The van der Waals surface area contributed by atoms with Crippen LogP contribution in [-0.4, -0.2) is 38.2 Å². The highest BCUT2D eigenvalue weighted by atomic mass is 35.5. The molecular weight excluding hydrogens is 462 g/mol. The molecule has 6 rings (SSSR count). The minimum Gasteiger partial charge on any atom is -0.495 e. The van der Waals surface area contributed by atoms with Crippen LogP contribution in [0.3, 0.4) is 0 Å². The number of H-pyrrole nitrogens is 1. The second kappa shape index (κ2) is 7.95. The summed E-state index contributed by atoms with van der Waals surface area (Å²) in [7, 11) is 1.56. The first-order valence-electron chi connectivity index (χ1n) is 10.8. The van der Waals surface area contributed by atoms with Gasteiger partial charge >= 0.3 is 0 Å². The Kier molecular flexibility index (Phi) is 4.88. The van der Waals surface area contributed by atoms with Gasteiger partial charge < -0.3 is 14.6 Å². The fraction of sp³-hybridized carbons (Fsp3) is 0.208. The van der Waals surface area contributed by atoms with E-state index in [9.17, 15) is 8.78 Å². The quantitative estimate of drug-likeness (QED) is 0.365. The van der Waals surface area contributed by atoms with Crippen molar-refractivity contribution in [3.05, 3.63) is 71.0 Å². The Balaban J connectivity index is 1.42. The SMILES string of the molecule is COc1cc2[nH]c(-c3cnn4ccc(N5CCC[C@@H]5c5cc(F)ccc5F)nc34)nc2cc1Cl. The number of aromatic nitrogens is 5. The molecule has 1 aliphatic rings. The van der Waals surface area contributed by atoms with Crippen molar-refractivity contribution >= 4 is 34.1 Å². The molecule has 10 heteroatoms. The lowest BCUT2D eigenvalue weighted by Gasteiger charge is -2.26. The number of fused-ring (bicyclic) bond motifs is 2. The summed E-state index contributed by atoms with van der Waals surface area (Å²) >= 11 is 6.25. The number of benzene rings is 2. The van der Waals surface area contributed by atoms with Gasteiger partial charge in [-0.25, -0.2) is 23.3 Å². The molecule has 1 saturated heterocycles. The smallest absolute Gasteiger partial charge is 0.168 e. The average molecular weight is 481 g/mol. The molecule has 5 aromatic rings. The molecule has 0 spiro atoms.